The molecule has 1 amide bonds. The minimum absolute atomic E-state index is 0. The lowest BCUT2D eigenvalue weighted by Gasteiger charge is -2.28. The summed E-state index contributed by atoms with van der Waals surface area (Å²) in [5.74, 6) is 1.45. The van der Waals surface area contributed by atoms with Crippen LogP contribution in [0.2, 0.25) is 0 Å². The second-order valence-corrected chi connectivity index (χ2v) is 5.82. The summed E-state index contributed by atoms with van der Waals surface area (Å²) in [6.07, 6.45) is 6.32. The number of hydrogen-bond acceptors (Lipinski definition) is 2. The van der Waals surface area contributed by atoms with Crippen LogP contribution in [0.1, 0.15) is 50.0 Å². The van der Waals surface area contributed by atoms with Crippen LogP contribution in [0.25, 0.3) is 0 Å². The lowest BCUT2D eigenvalue weighted by molar-refractivity contribution is -0.122. The number of rotatable bonds is 6. The fourth-order valence-corrected chi connectivity index (χ4v) is 3.09. The van der Waals surface area contributed by atoms with Gasteiger partial charge in [0.25, 0.3) is 0 Å². The van der Waals surface area contributed by atoms with E-state index in [9.17, 15) is 4.79 Å². The van der Waals surface area contributed by atoms with Crippen LogP contribution in [0.3, 0.4) is 0 Å². The lowest BCUT2D eigenvalue weighted by atomic mass is 9.77. The van der Waals surface area contributed by atoms with Crippen LogP contribution in [0.15, 0.2) is 30.3 Å². The van der Waals surface area contributed by atoms with Gasteiger partial charge >= 0.3 is 0 Å². The van der Waals surface area contributed by atoms with E-state index < -0.39 is 0 Å². The van der Waals surface area contributed by atoms with Crippen LogP contribution in [0.5, 0.6) is 0 Å². The first kappa shape index (κ1) is 18.0. The number of halogens is 1. The molecule has 0 unspecified atom stereocenters. The van der Waals surface area contributed by atoms with E-state index in [1.807, 2.05) is 0 Å². The Balaban J connectivity index is 0.00000220. The predicted octanol–water partition coefficient (Wildman–Crippen LogP) is 3.24. The van der Waals surface area contributed by atoms with Gasteiger partial charge in [0.1, 0.15) is 0 Å². The molecule has 1 aliphatic rings. The SMILES string of the molecule is Cl.NCCCNC(=O)CC1CCC(c2ccccc2)CC1. The standard InChI is InChI=1S/C17H26N2O.ClH/c18-11-4-12-19-17(20)13-14-7-9-16(10-8-14)15-5-2-1-3-6-15;/h1-3,5-6,14,16H,4,7-13,18H2,(H,19,20);1H. The number of nitrogens with two attached hydrogens (primary N) is 1. The van der Waals surface area contributed by atoms with E-state index in [0.29, 0.717) is 31.3 Å². The average Bonchev–Trinajstić information content (AvgIpc) is 2.49. The average molecular weight is 311 g/mol. The number of carbonyl (C=O) groups is 1. The smallest absolute Gasteiger partial charge is 0.220 e. The molecule has 0 bridgehead atoms. The third-order valence-corrected chi connectivity index (χ3v) is 4.29. The molecule has 1 aliphatic carbocycles. The van der Waals surface area contributed by atoms with E-state index in [-0.39, 0.29) is 18.3 Å². The summed E-state index contributed by atoms with van der Waals surface area (Å²) in [4.78, 5) is 11.8. The number of benzene rings is 1. The van der Waals surface area contributed by atoms with Crippen molar-refractivity contribution < 1.29 is 4.79 Å². The summed E-state index contributed by atoms with van der Waals surface area (Å²) in [5.41, 5.74) is 6.88. The molecule has 2 rings (SSSR count). The van der Waals surface area contributed by atoms with Gasteiger partial charge in [0.05, 0.1) is 0 Å². The molecule has 0 atom stereocenters. The van der Waals surface area contributed by atoms with Crippen LogP contribution in [0.4, 0.5) is 0 Å². The third-order valence-electron chi connectivity index (χ3n) is 4.29. The Morgan fingerprint density at radius 2 is 1.81 bits per heavy atom. The fourth-order valence-electron chi connectivity index (χ4n) is 3.09. The molecule has 1 saturated carbocycles. The number of amides is 1. The summed E-state index contributed by atoms with van der Waals surface area (Å²) in [7, 11) is 0. The quantitative estimate of drug-likeness (QED) is 0.793. The molecule has 0 aliphatic heterocycles. The van der Waals surface area contributed by atoms with Crippen molar-refractivity contribution in [2.75, 3.05) is 13.1 Å². The molecule has 0 heterocycles. The van der Waals surface area contributed by atoms with Crippen molar-refractivity contribution in [3.63, 3.8) is 0 Å². The first-order valence-electron chi connectivity index (χ1n) is 7.81. The van der Waals surface area contributed by atoms with Gasteiger partial charge in [-0.1, -0.05) is 30.3 Å². The molecule has 0 spiro atoms. The molecule has 0 aromatic heterocycles. The van der Waals surface area contributed by atoms with Crippen LogP contribution >= 0.6 is 12.4 Å². The molecule has 118 valence electrons. The largest absolute Gasteiger partial charge is 0.356 e. The Hall–Kier alpha value is -1.06. The molecule has 0 saturated heterocycles. The van der Waals surface area contributed by atoms with Gasteiger partial charge in [0, 0.05) is 13.0 Å². The Bertz CT molecular complexity index is 403. The van der Waals surface area contributed by atoms with Gasteiger partial charge in [-0.2, -0.15) is 0 Å². The molecule has 1 aromatic carbocycles. The van der Waals surface area contributed by atoms with Gasteiger partial charge < -0.3 is 11.1 Å². The highest BCUT2D eigenvalue weighted by Gasteiger charge is 2.23. The zero-order chi connectivity index (χ0) is 14.2. The highest BCUT2D eigenvalue weighted by molar-refractivity contribution is 5.85. The molecular weight excluding hydrogens is 284 g/mol. The Morgan fingerprint density at radius 3 is 2.43 bits per heavy atom. The van der Waals surface area contributed by atoms with Crippen molar-refractivity contribution in [1.29, 1.82) is 0 Å². The third kappa shape index (κ3) is 6.06. The minimum atomic E-state index is 0. The van der Waals surface area contributed by atoms with Crippen molar-refractivity contribution in [2.24, 2.45) is 11.7 Å². The maximum Gasteiger partial charge on any atom is 0.220 e. The molecule has 3 nitrogen and oxygen atoms in total. The summed E-state index contributed by atoms with van der Waals surface area (Å²) >= 11 is 0. The minimum Gasteiger partial charge on any atom is -0.356 e. The molecule has 1 fully saturated rings. The van der Waals surface area contributed by atoms with Gasteiger partial charge in [-0.3, -0.25) is 4.79 Å². The lowest BCUT2D eigenvalue weighted by Crippen LogP contribution is -2.28. The van der Waals surface area contributed by atoms with Crippen molar-refractivity contribution in [2.45, 2.75) is 44.4 Å². The zero-order valence-corrected chi connectivity index (χ0v) is 13.4. The van der Waals surface area contributed by atoms with Crippen LogP contribution in [0, 0.1) is 5.92 Å². The van der Waals surface area contributed by atoms with Crippen molar-refractivity contribution in [3.05, 3.63) is 35.9 Å². The predicted molar refractivity (Wildman–Crippen MR) is 89.7 cm³/mol. The van der Waals surface area contributed by atoms with E-state index in [0.717, 1.165) is 6.42 Å². The van der Waals surface area contributed by atoms with Gasteiger partial charge in [-0.15, -0.1) is 12.4 Å². The highest BCUT2D eigenvalue weighted by atomic mass is 35.5. The van der Waals surface area contributed by atoms with E-state index in [1.165, 1.54) is 31.2 Å². The maximum absolute atomic E-state index is 11.8. The second kappa shape index (κ2) is 9.80. The first-order valence-corrected chi connectivity index (χ1v) is 7.81. The number of hydrogen-bond donors (Lipinski definition) is 2. The normalized spacial score (nSPS) is 21.4. The number of carbonyl (C=O) groups excluding carboxylic acids is 1. The van der Waals surface area contributed by atoms with Crippen LogP contribution in [-0.4, -0.2) is 19.0 Å². The highest BCUT2D eigenvalue weighted by Crippen LogP contribution is 2.36. The first-order chi connectivity index (χ1) is 9.79. The van der Waals surface area contributed by atoms with E-state index >= 15 is 0 Å². The Kier molecular flexibility index (Phi) is 8.40. The van der Waals surface area contributed by atoms with Gasteiger partial charge in [0.15, 0.2) is 0 Å². The van der Waals surface area contributed by atoms with Gasteiger partial charge in [-0.25, -0.2) is 0 Å². The van der Waals surface area contributed by atoms with Crippen LogP contribution in [-0.2, 0) is 4.79 Å². The monoisotopic (exact) mass is 310 g/mol. The van der Waals surface area contributed by atoms with Crippen molar-refractivity contribution in [1.82, 2.24) is 5.32 Å². The van der Waals surface area contributed by atoms with Gasteiger partial charge in [-0.05, 0) is 56.0 Å². The molecule has 21 heavy (non-hydrogen) atoms. The van der Waals surface area contributed by atoms with Crippen molar-refractivity contribution in [3.8, 4) is 0 Å². The Morgan fingerprint density at radius 1 is 1.14 bits per heavy atom. The van der Waals surface area contributed by atoms with E-state index in [2.05, 4.69) is 35.6 Å². The molecule has 4 heteroatoms. The molecule has 0 radical (unpaired) electrons. The second-order valence-electron chi connectivity index (χ2n) is 5.82. The van der Waals surface area contributed by atoms with E-state index in [1.54, 1.807) is 0 Å². The molecule has 1 aromatic rings. The fraction of sp³-hybridized carbons (Fsp3) is 0.588. The van der Waals surface area contributed by atoms with Crippen LogP contribution < -0.4 is 11.1 Å². The van der Waals surface area contributed by atoms with Gasteiger partial charge in [0.2, 0.25) is 5.91 Å². The zero-order valence-electron chi connectivity index (χ0n) is 12.6. The number of nitrogens with one attached hydrogen (secondary N) is 1. The maximum atomic E-state index is 11.8. The summed E-state index contributed by atoms with van der Waals surface area (Å²) < 4.78 is 0. The van der Waals surface area contributed by atoms with E-state index in [4.69, 9.17) is 5.73 Å². The topological polar surface area (TPSA) is 55.1 Å². The summed E-state index contributed by atoms with van der Waals surface area (Å²) in [6.45, 7) is 1.36. The molecular formula is C17H27ClN2O. The van der Waals surface area contributed by atoms with Crippen molar-refractivity contribution >= 4 is 18.3 Å². The summed E-state index contributed by atoms with van der Waals surface area (Å²) in [5, 5.41) is 2.95. The Labute approximate surface area is 134 Å². The molecule has 3 N–H and O–H groups in total. The summed E-state index contributed by atoms with van der Waals surface area (Å²) in [6, 6.07) is 10.8.